The smallest absolute Gasteiger partial charge is 0.255 e. The van der Waals surface area contributed by atoms with Gasteiger partial charge in [-0.3, -0.25) is 4.99 Å². The first-order chi connectivity index (χ1) is 4.68. The SMILES string of the molecule is FC(F)CN1C=NC(Cl)C1. The highest BCUT2D eigenvalue weighted by Gasteiger charge is 2.17. The Morgan fingerprint density at radius 1 is 1.80 bits per heavy atom. The third kappa shape index (κ3) is 2.10. The number of halogens is 3. The van der Waals surface area contributed by atoms with E-state index in [1.54, 1.807) is 0 Å². The molecule has 1 aliphatic rings. The molecule has 10 heavy (non-hydrogen) atoms. The zero-order valence-electron chi connectivity index (χ0n) is 5.17. The van der Waals surface area contributed by atoms with Crippen molar-refractivity contribution >= 4 is 17.9 Å². The summed E-state index contributed by atoms with van der Waals surface area (Å²) < 4.78 is 23.3. The average Bonchev–Trinajstić information content (AvgIpc) is 2.13. The summed E-state index contributed by atoms with van der Waals surface area (Å²) in [6.07, 6.45) is -0.947. The van der Waals surface area contributed by atoms with Crippen LogP contribution in [0.5, 0.6) is 0 Å². The summed E-state index contributed by atoms with van der Waals surface area (Å²) in [7, 11) is 0. The largest absolute Gasteiger partial charge is 0.354 e. The standard InChI is InChI=1S/C5H7ClF2N2/c6-4-1-10(3-9-4)2-5(7)8/h3-5H,1-2H2. The summed E-state index contributed by atoms with van der Waals surface area (Å²) in [6.45, 7) is 0.124. The van der Waals surface area contributed by atoms with E-state index in [1.165, 1.54) is 11.2 Å². The normalized spacial score (nSPS) is 24.8. The zero-order chi connectivity index (χ0) is 7.56. The predicted molar refractivity (Wildman–Crippen MR) is 35.7 cm³/mol. The van der Waals surface area contributed by atoms with Crippen molar-refractivity contribution in [2.24, 2.45) is 4.99 Å². The van der Waals surface area contributed by atoms with Gasteiger partial charge in [0.2, 0.25) is 0 Å². The molecule has 0 radical (unpaired) electrons. The Morgan fingerprint density at radius 3 is 2.90 bits per heavy atom. The first-order valence-corrected chi connectivity index (χ1v) is 3.31. The molecule has 0 amide bonds. The molecular formula is C5H7ClF2N2. The van der Waals surface area contributed by atoms with Crippen LogP contribution in [0.2, 0.25) is 0 Å². The fourth-order valence-electron chi connectivity index (χ4n) is 0.753. The molecule has 1 rings (SSSR count). The molecule has 0 aromatic rings. The van der Waals surface area contributed by atoms with Gasteiger partial charge in [-0.1, -0.05) is 11.6 Å². The second-order valence-corrected chi connectivity index (χ2v) is 2.55. The molecule has 0 N–H and O–H groups in total. The van der Waals surface area contributed by atoms with Gasteiger partial charge in [-0.25, -0.2) is 8.78 Å². The highest BCUT2D eigenvalue weighted by molar-refractivity contribution is 6.21. The Kier molecular flexibility index (Phi) is 2.43. The molecule has 0 bridgehead atoms. The lowest BCUT2D eigenvalue weighted by Gasteiger charge is -2.12. The molecule has 1 heterocycles. The molecule has 1 unspecified atom stereocenters. The summed E-state index contributed by atoms with van der Waals surface area (Å²) in [5.41, 5.74) is -0.348. The van der Waals surface area contributed by atoms with Gasteiger partial charge in [-0.2, -0.15) is 0 Å². The van der Waals surface area contributed by atoms with Crippen molar-refractivity contribution in [2.45, 2.75) is 11.9 Å². The Labute approximate surface area is 62.5 Å². The van der Waals surface area contributed by atoms with Crippen LogP contribution >= 0.6 is 11.6 Å². The van der Waals surface area contributed by atoms with Gasteiger partial charge in [0.1, 0.15) is 5.50 Å². The molecule has 0 fully saturated rings. The van der Waals surface area contributed by atoms with E-state index in [0.29, 0.717) is 6.54 Å². The maximum Gasteiger partial charge on any atom is 0.255 e. The molecule has 58 valence electrons. The molecule has 5 heteroatoms. The van der Waals surface area contributed by atoms with E-state index < -0.39 is 6.43 Å². The van der Waals surface area contributed by atoms with Gasteiger partial charge in [0.15, 0.2) is 0 Å². The van der Waals surface area contributed by atoms with Crippen LogP contribution in [0.15, 0.2) is 4.99 Å². The van der Waals surface area contributed by atoms with Gasteiger partial charge < -0.3 is 4.90 Å². The number of aliphatic imine (C=N–C) groups is 1. The summed E-state index contributed by atoms with van der Waals surface area (Å²) in [6, 6.07) is 0. The van der Waals surface area contributed by atoms with Crippen LogP contribution in [0.4, 0.5) is 8.78 Å². The number of hydrogen-bond acceptors (Lipinski definition) is 2. The molecular weight excluding hydrogens is 162 g/mol. The van der Waals surface area contributed by atoms with E-state index in [9.17, 15) is 8.78 Å². The molecule has 1 aliphatic heterocycles. The summed E-state index contributed by atoms with van der Waals surface area (Å²) in [4.78, 5) is 5.11. The monoisotopic (exact) mass is 168 g/mol. The van der Waals surface area contributed by atoms with Crippen LogP contribution < -0.4 is 0 Å². The highest BCUT2D eigenvalue weighted by Crippen LogP contribution is 2.08. The van der Waals surface area contributed by atoms with E-state index in [0.717, 1.165) is 0 Å². The third-order valence-corrected chi connectivity index (χ3v) is 1.40. The second-order valence-electron chi connectivity index (χ2n) is 2.04. The third-order valence-electron chi connectivity index (χ3n) is 1.15. The van der Waals surface area contributed by atoms with Gasteiger partial charge in [0.05, 0.1) is 19.4 Å². The van der Waals surface area contributed by atoms with E-state index in [1.807, 2.05) is 0 Å². The predicted octanol–water partition coefficient (Wildman–Crippen LogP) is 1.16. The minimum Gasteiger partial charge on any atom is -0.354 e. The van der Waals surface area contributed by atoms with Crippen molar-refractivity contribution in [1.82, 2.24) is 4.90 Å². The number of rotatable bonds is 2. The van der Waals surface area contributed by atoms with E-state index in [-0.39, 0.29) is 12.0 Å². The average molecular weight is 169 g/mol. The molecule has 0 saturated carbocycles. The Hall–Kier alpha value is -0.380. The molecule has 0 aromatic carbocycles. The fraction of sp³-hybridized carbons (Fsp3) is 0.800. The molecule has 0 spiro atoms. The van der Waals surface area contributed by atoms with E-state index >= 15 is 0 Å². The molecule has 0 aliphatic carbocycles. The van der Waals surface area contributed by atoms with E-state index in [4.69, 9.17) is 11.6 Å². The fourth-order valence-corrected chi connectivity index (χ4v) is 0.981. The minimum absolute atomic E-state index is 0.271. The summed E-state index contributed by atoms with van der Waals surface area (Å²) >= 11 is 5.51. The van der Waals surface area contributed by atoms with Crippen LogP contribution in [-0.4, -0.2) is 36.3 Å². The zero-order valence-corrected chi connectivity index (χ0v) is 5.93. The van der Waals surface area contributed by atoms with Crippen molar-refractivity contribution in [3.8, 4) is 0 Å². The molecule has 2 nitrogen and oxygen atoms in total. The summed E-state index contributed by atoms with van der Waals surface area (Å²) in [5.74, 6) is 0. The molecule has 0 aromatic heterocycles. The first-order valence-electron chi connectivity index (χ1n) is 2.88. The van der Waals surface area contributed by atoms with Gasteiger partial charge in [0, 0.05) is 0 Å². The van der Waals surface area contributed by atoms with Gasteiger partial charge in [-0.05, 0) is 0 Å². The van der Waals surface area contributed by atoms with Crippen molar-refractivity contribution in [3.63, 3.8) is 0 Å². The van der Waals surface area contributed by atoms with E-state index in [2.05, 4.69) is 4.99 Å². The van der Waals surface area contributed by atoms with Gasteiger partial charge in [-0.15, -0.1) is 0 Å². The summed E-state index contributed by atoms with van der Waals surface area (Å²) in [5, 5.41) is 0. The van der Waals surface area contributed by atoms with Crippen molar-refractivity contribution < 1.29 is 8.78 Å². The second kappa shape index (κ2) is 3.14. The lowest BCUT2D eigenvalue weighted by molar-refractivity contribution is 0.120. The Bertz CT molecular complexity index is 140. The first kappa shape index (κ1) is 7.72. The Balaban J connectivity index is 2.26. The quantitative estimate of drug-likeness (QED) is 0.446. The van der Waals surface area contributed by atoms with Crippen molar-refractivity contribution in [1.29, 1.82) is 0 Å². The number of hydrogen-bond donors (Lipinski definition) is 0. The van der Waals surface area contributed by atoms with Gasteiger partial charge >= 0.3 is 0 Å². The van der Waals surface area contributed by atoms with Crippen LogP contribution in [-0.2, 0) is 0 Å². The maximum absolute atomic E-state index is 11.7. The molecule has 1 atom stereocenters. The topological polar surface area (TPSA) is 15.6 Å². The highest BCUT2D eigenvalue weighted by atomic mass is 35.5. The van der Waals surface area contributed by atoms with Crippen LogP contribution in [0.1, 0.15) is 0 Å². The number of nitrogens with zero attached hydrogens (tertiary/aromatic N) is 2. The van der Waals surface area contributed by atoms with Crippen LogP contribution in [0, 0.1) is 0 Å². The van der Waals surface area contributed by atoms with Crippen LogP contribution in [0.3, 0.4) is 0 Å². The Morgan fingerprint density at radius 2 is 2.50 bits per heavy atom. The minimum atomic E-state index is -2.31. The van der Waals surface area contributed by atoms with Crippen molar-refractivity contribution in [2.75, 3.05) is 13.1 Å². The maximum atomic E-state index is 11.7. The molecule has 0 saturated heterocycles. The lowest BCUT2D eigenvalue weighted by atomic mass is 10.5. The lowest BCUT2D eigenvalue weighted by Crippen LogP contribution is -2.26. The number of alkyl halides is 3. The van der Waals surface area contributed by atoms with Crippen LogP contribution in [0.25, 0.3) is 0 Å². The van der Waals surface area contributed by atoms with Gasteiger partial charge in [0.25, 0.3) is 6.43 Å². The van der Waals surface area contributed by atoms with Crippen molar-refractivity contribution in [3.05, 3.63) is 0 Å².